The molecule has 1 aromatic rings. The van der Waals surface area contributed by atoms with E-state index in [2.05, 4.69) is 18.3 Å². The topological polar surface area (TPSA) is 47.3 Å². The van der Waals surface area contributed by atoms with E-state index in [1.54, 1.807) is 7.11 Å². The number of nitrogen functional groups attached to an aromatic ring is 1. The van der Waals surface area contributed by atoms with Gasteiger partial charge in [-0.3, -0.25) is 0 Å². The molecule has 0 aliphatic heterocycles. The number of methoxy groups -OCH3 is 1. The molecule has 0 bridgehead atoms. The van der Waals surface area contributed by atoms with Crippen LogP contribution in [0.5, 0.6) is 0 Å². The average molecular weight is 206 g/mol. The fraction of sp³-hybridized carbons (Fsp3) is 0.500. The van der Waals surface area contributed by atoms with Crippen molar-refractivity contribution in [2.45, 2.75) is 31.9 Å². The van der Waals surface area contributed by atoms with Crippen molar-refractivity contribution in [3.63, 3.8) is 0 Å². The van der Waals surface area contributed by atoms with Gasteiger partial charge in [-0.25, -0.2) is 0 Å². The van der Waals surface area contributed by atoms with Crippen molar-refractivity contribution in [2.24, 2.45) is 0 Å². The number of hydrogen-bond acceptors (Lipinski definition) is 3. The summed E-state index contributed by atoms with van der Waals surface area (Å²) < 4.78 is 5.24. The number of hydrogen-bond donors (Lipinski definition) is 2. The lowest BCUT2D eigenvalue weighted by molar-refractivity contribution is 0.0329. The Morgan fingerprint density at radius 1 is 1.40 bits per heavy atom. The third kappa shape index (κ3) is 2.23. The van der Waals surface area contributed by atoms with Crippen LogP contribution in [-0.4, -0.2) is 19.3 Å². The molecule has 82 valence electrons. The second kappa shape index (κ2) is 4.11. The van der Waals surface area contributed by atoms with E-state index in [0.29, 0.717) is 12.1 Å². The highest BCUT2D eigenvalue weighted by Gasteiger charge is 2.28. The lowest BCUT2D eigenvalue weighted by Crippen LogP contribution is -2.40. The van der Waals surface area contributed by atoms with E-state index in [4.69, 9.17) is 10.5 Å². The van der Waals surface area contributed by atoms with Gasteiger partial charge in [-0.05, 0) is 37.5 Å². The predicted molar refractivity (Wildman–Crippen MR) is 63.0 cm³/mol. The molecule has 1 aromatic carbocycles. The Bertz CT molecular complexity index is 345. The van der Waals surface area contributed by atoms with Crippen LogP contribution >= 0.6 is 0 Å². The van der Waals surface area contributed by atoms with E-state index < -0.39 is 0 Å². The SMILES string of the molecule is COC1CC(Nc2cc(C)ccc2N)C1. The summed E-state index contributed by atoms with van der Waals surface area (Å²) in [6.45, 7) is 2.07. The first-order valence-corrected chi connectivity index (χ1v) is 5.34. The van der Waals surface area contributed by atoms with E-state index in [1.165, 1.54) is 5.56 Å². The van der Waals surface area contributed by atoms with E-state index in [1.807, 2.05) is 12.1 Å². The molecule has 0 atom stereocenters. The Kier molecular flexibility index (Phi) is 2.82. The van der Waals surface area contributed by atoms with Gasteiger partial charge in [0.2, 0.25) is 0 Å². The van der Waals surface area contributed by atoms with Gasteiger partial charge in [-0.15, -0.1) is 0 Å². The lowest BCUT2D eigenvalue weighted by atomic mass is 9.89. The van der Waals surface area contributed by atoms with Crippen molar-refractivity contribution >= 4 is 11.4 Å². The molecule has 3 N–H and O–H groups in total. The van der Waals surface area contributed by atoms with Gasteiger partial charge in [-0.2, -0.15) is 0 Å². The van der Waals surface area contributed by atoms with Crippen LogP contribution in [0.25, 0.3) is 0 Å². The van der Waals surface area contributed by atoms with Crippen molar-refractivity contribution in [3.05, 3.63) is 23.8 Å². The third-order valence-electron chi connectivity index (χ3n) is 3.00. The monoisotopic (exact) mass is 206 g/mol. The maximum atomic E-state index is 5.89. The Hall–Kier alpha value is -1.22. The molecule has 0 aromatic heterocycles. The first-order chi connectivity index (χ1) is 7.19. The Labute approximate surface area is 90.6 Å². The molecule has 0 saturated heterocycles. The number of aryl methyl sites for hydroxylation is 1. The van der Waals surface area contributed by atoms with E-state index in [9.17, 15) is 0 Å². The third-order valence-corrected chi connectivity index (χ3v) is 3.00. The van der Waals surface area contributed by atoms with Crippen LogP contribution in [0.2, 0.25) is 0 Å². The number of benzene rings is 1. The van der Waals surface area contributed by atoms with Crippen LogP contribution in [-0.2, 0) is 4.74 Å². The molecule has 0 spiro atoms. The maximum Gasteiger partial charge on any atom is 0.0610 e. The predicted octanol–water partition coefficient (Wildman–Crippen LogP) is 2.17. The molecule has 0 radical (unpaired) electrons. The lowest BCUT2D eigenvalue weighted by Gasteiger charge is -2.35. The van der Waals surface area contributed by atoms with E-state index >= 15 is 0 Å². The molecular weight excluding hydrogens is 188 g/mol. The standard InChI is InChI=1S/C12H18N2O/c1-8-3-4-11(13)12(5-8)14-9-6-10(7-9)15-2/h3-5,9-10,14H,6-7,13H2,1-2H3. The second-order valence-corrected chi connectivity index (χ2v) is 4.26. The maximum absolute atomic E-state index is 5.89. The zero-order valence-electron chi connectivity index (χ0n) is 9.29. The summed E-state index contributed by atoms with van der Waals surface area (Å²) in [4.78, 5) is 0. The first-order valence-electron chi connectivity index (χ1n) is 5.34. The van der Waals surface area contributed by atoms with Crippen molar-refractivity contribution < 1.29 is 4.74 Å². The van der Waals surface area contributed by atoms with E-state index in [-0.39, 0.29) is 0 Å². The number of nitrogens with two attached hydrogens (primary N) is 1. The number of anilines is 2. The summed E-state index contributed by atoms with van der Waals surface area (Å²) in [5, 5.41) is 3.45. The van der Waals surface area contributed by atoms with Crippen LogP contribution in [0.3, 0.4) is 0 Å². The number of nitrogens with one attached hydrogen (secondary N) is 1. The summed E-state index contributed by atoms with van der Waals surface area (Å²) in [6, 6.07) is 6.58. The van der Waals surface area contributed by atoms with Crippen molar-refractivity contribution in [1.29, 1.82) is 0 Å². The highest BCUT2D eigenvalue weighted by atomic mass is 16.5. The van der Waals surface area contributed by atoms with Crippen LogP contribution in [0.4, 0.5) is 11.4 Å². The van der Waals surface area contributed by atoms with Gasteiger partial charge in [0.05, 0.1) is 17.5 Å². The molecule has 15 heavy (non-hydrogen) atoms. The minimum atomic E-state index is 0.425. The van der Waals surface area contributed by atoms with Crippen molar-refractivity contribution in [2.75, 3.05) is 18.2 Å². The fourth-order valence-electron chi connectivity index (χ4n) is 1.89. The largest absolute Gasteiger partial charge is 0.397 e. The van der Waals surface area contributed by atoms with Crippen LogP contribution in [0, 0.1) is 6.92 Å². The van der Waals surface area contributed by atoms with Gasteiger partial charge in [0, 0.05) is 13.2 Å². The number of rotatable bonds is 3. The van der Waals surface area contributed by atoms with E-state index in [0.717, 1.165) is 24.2 Å². The quantitative estimate of drug-likeness (QED) is 0.745. The molecule has 3 nitrogen and oxygen atoms in total. The molecule has 2 rings (SSSR count). The van der Waals surface area contributed by atoms with Crippen LogP contribution in [0.15, 0.2) is 18.2 Å². The summed E-state index contributed by atoms with van der Waals surface area (Å²) >= 11 is 0. The zero-order valence-corrected chi connectivity index (χ0v) is 9.29. The van der Waals surface area contributed by atoms with Crippen LogP contribution in [0.1, 0.15) is 18.4 Å². The second-order valence-electron chi connectivity index (χ2n) is 4.26. The highest BCUT2D eigenvalue weighted by molar-refractivity contribution is 5.67. The Morgan fingerprint density at radius 2 is 2.13 bits per heavy atom. The van der Waals surface area contributed by atoms with Gasteiger partial charge in [0.25, 0.3) is 0 Å². The normalized spacial score (nSPS) is 24.7. The smallest absolute Gasteiger partial charge is 0.0610 e. The molecule has 0 heterocycles. The van der Waals surface area contributed by atoms with Gasteiger partial charge in [-0.1, -0.05) is 6.07 Å². The number of ether oxygens (including phenoxy) is 1. The van der Waals surface area contributed by atoms with Gasteiger partial charge < -0.3 is 15.8 Å². The molecule has 1 saturated carbocycles. The summed E-state index contributed by atoms with van der Waals surface area (Å²) in [5.74, 6) is 0. The Balaban J connectivity index is 1.97. The highest BCUT2D eigenvalue weighted by Crippen LogP contribution is 2.29. The summed E-state index contributed by atoms with van der Waals surface area (Å²) in [7, 11) is 1.77. The molecular formula is C12H18N2O. The molecule has 3 heteroatoms. The summed E-state index contributed by atoms with van der Waals surface area (Å²) in [5.41, 5.74) is 8.99. The summed E-state index contributed by atoms with van der Waals surface area (Å²) in [6.07, 6.45) is 2.57. The van der Waals surface area contributed by atoms with Gasteiger partial charge in [0.1, 0.15) is 0 Å². The Morgan fingerprint density at radius 3 is 2.80 bits per heavy atom. The van der Waals surface area contributed by atoms with Crippen molar-refractivity contribution in [3.8, 4) is 0 Å². The van der Waals surface area contributed by atoms with Gasteiger partial charge in [0.15, 0.2) is 0 Å². The zero-order chi connectivity index (χ0) is 10.8. The molecule has 1 aliphatic carbocycles. The fourth-order valence-corrected chi connectivity index (χ4v) is 1.89. The first kappa shape index (κ1) is 10.3. The minimum Gasteiger partial charge on any atom is -0.397 e. The molecule has 1 fully saturated rings. The average Bonchev–Trinajstić information content (AvgIpc) is 2.16. The van der Waals surface area contributed by atoms with Crippen molar-refractivity contribution in [1.82, 2.24) is 0 Å². The van der Waals surface area contributed by atoms with Crippen LogP contribution < -0.4 is 11.1 Å². The van der Waals surface area contributed by atoms with Gasteiger partial charge >= 0.3 is 0 Å². The minimum absolute atomic E-state index is 0.425. The molecule has 1 aliphatic rings. The molecule has 0 unspecified atom stereocenters. The molecule has 0 amide bonds.